The molecular formula is C17H25F2NO2. The van der Waals surface area contributed by atoms with Crippen LogP contribution < -0.4 is 0 Å². The van der Waals surface area contributed by atoms with Crippen LogP contribution in [0.5, 0.6) is 0 Å². The van der Waals surface area contributed by atoms with Crippen molar-refractivity contribution in [3.63, 3.8) is 0 Å². The van der Waals surface area contributed by atoms with Crippen LogP contribution in [-0.2, 0) is 11.3 Å². The number of methoxy groups -OCH3 is 1. The number of halogens is 2. The molecule has 1 rings (SSSR count). The monoisotopic (exact) mass is 313 g/mol. The summed E-state index contributed by atoms with van der Waals surface area (Å²) in [5, 5.41) is 10.0. The van der Waals surface area contributed by atoms with Crippen LogP contribution in [-0.4, -0.2) is 42.9 Å². The van der Waals surface area contributed by atoms with E-state index in [0.29, 0.717) is 38.2 Å². The normalized spacial score (nSPS) is 12.6. The fourth-order valence-corrected chi connectivity index (χ4v) is 2.26. The van der Waals surface area contributed by atoms with E-state index < -0.39 is 17.7 Å². The lowest BCUT2D eigenvalue weighted by atomic mass is 10.1. The first-order valence-electron chi connectivity index (χ1n) is 7.51. The van der Waals surface area contributed by atoms with Crippen molar-refractivity contribution in [2.24, 2.45) is 0 Å². The van der Waals surface area contributed by atoms with E-state index >= 15 is 0 Å². The van der Waals surface area contributed by atoms with Gasteiger partial charge >= 0.3 is 0 Å². The predicted molar refractivity (Wildman–Crippen MR) is 83.6 cm³/mol. The smallest absolute Gasteiger partial charge is 0.130 e. The van der Waals surface area contributed by atoms with E-state index in [1.807, 2.05) is 4.90 Å². The third-order valence-electron chi connectivity index (χ3n) is 3.40. The van der Waals surface area contributed by atoms with Crippen LogP contribution in [0.2, 0.25) is 0 Å². The maximum atomic E-state index is 13.8. The molecule has 0 heterocycles. The first-order chi connectivity index (χ1) is 10.6. The van der Waals surface area contributed by atoms with Gasteiger partial charge in [-0.15, -0.1) is 6.58 Å². The van der Waals surface area contributed by atoms with Crippen molar-refractivity contribution in [2.45, 2.75) is 31.9 Å². The Balaban J connectivity index is 2.65. The van der Waals surface area contributed by atoms with Crippen LogP contribution >= 0.6 is 0 Å². The Kier molecular flexibility index (Phi) is 8.89. The fraction of sp³-hybridized carbons (Fsp3) is 0.529. The van der Waals surface area contributed by atoms with Gasteiger partial charge in [-0.3, -0.25) is 4.90 Å². The van der Waals surface area contributed by atoms with Gasteiger partial charge in [0, 0.05) is 45.0 Å². The van der Waals surface area contributed by atoms with E-state index in [1.54, 1.807) is 13.2 Å². The van der Waals surface area contributed by atoms with E-state index in [4.69, 9.17) is 4.74 Å². The third-order valence-corrected chi connectivity index (χ3v) is 3.40. The molecule has 1 atom stereocenters. The van der Waals surface area contributed by atoms with Crippen LogP contribution in [0, 0.1) is 11.6 Å². The summed E-state index contributed by atoms with van der Waals surface area (Å²) in [5.74, 6) is -1.14. The minimum absolute atomic E-state index is 0.334. The van der Waals surface area contributed by atoms with Crippen molar-refractivity contribution in [3.05, 3.63) is 48.1 Å². The fourth-order valence-electron chi connectivity index (χ4n) is 2.26. The van der Waals surface area contributed by atoms with Gasteiger partial charge in [0.05, 0.1) is 6.10 Å². The zero-order chi connectivity index (χ0) is 16.4. The number of hydrogen-bond donors (Lipinski definition) is 1. The molecular weight excluding hydrogens is 288 g/mol. The van der Waals surface area contributed by atoms with Crippen LogP contribution in [0.1, 0.15) is 24.8 Å². The number of benzene rings is 1. The van der Waals surface area contributed by atoms with Crippen molar-refractivity contribution in [2.75, 3.05) is 26.8 Å². The van der Waals surface area contributed by atoms with E-state index in [0.717, 1.165) is 18.9 Å². The van der Waals surface area contributed by atoms with Crippen molar-refractivity contribution in [1.82, 2.24) is 4.90 Å². The van der Waals surface area contributed by atoms with E-state index in [9.17, 15) is 13.9 Å². The highest BCUT2D eigenvalue weighted by molar-refractivity contribution is 5.18. The van der Waals surface area contributed by atoms with E-state index in [2.05, 4.69) is 6.58 Å². The lowest BCUT2D eigenvalue weighted by molar-refractivity contribution is 0.0935. The molecule has 0 bridgehead atoms. The van der Waals surface area contributed by atoms with E-state index in [-0.39, 0.29) is 0 Å². The second-order valence-electron chi connectivity index (χ2n) is 5.34. The second-order valence-corrected chi connectivity index (χ2v) is 5.34. The Bertz CT molecular complexity index is 454. The van der Waals surface area contributed by atoms with E-state index in [1.165, 1.54) is 12.1 Å². The van der Waals surface area contributed by atoms with Gasteiger partial charge in [0.15, 0.2) is 0 Å². The number of aliphatic hydroxyl groups is 1. The highest BCUT2D eigenvalue weighted by Gasteiger charge is 2.14. The number of aliphatic hydroxyl groups excluding tert-OH is 1. The highest BCUT2D eigenvalue weighted by Crippen LogP contribution is 2.13. The Labute approximate surface area is 131 Å². The minimum Gasteiger partial charge on any atom is -0.392 e. The number of rotatable bonds is 11. The van der Waals surface area contributed by atoms with Crippen molar-refractivity contribution in [3.8, 4) is 0 Å². The van der Waals surface area contributed by atoms with Gasteiger partial charge in [-0.25, -0.2) is 8.78 Å². The van der Waals surface area contributed by atoms with Crippen LogP contribution in [0.4, 0.5) is 8.78 Å². The molecule has 0 radical (unpaired) electrons. The Morgan fingerprint density at radius 1 is 1.41 bits per heavy atom. The van der Waals surface area contributed by atoms with Gasteiger partial charge in [0.2, 0.25) is 0 Å². The molecule has 0 fully saturated rings. The number of nitrogens with zero attached hydrogens (tertiary/aromatic N) is 1. The first-order valence-corrected chi connectivity index (χ1v) is 7.51. The first kappa shape index (κ1) is 18.7. The van der Waals surface area contributed by atoms with Gasteiger partial charge in [0.25, 0.3) is 0 Å². The molecule has 1 unspecified atom stereocenters. The molecule has 1 aromatic carbocycles. The molecule has 0 aliphatic carbocycles. The molecule has 124 valence electrons. The molecule has 0 aliphatic heterocycles. The summed E-state index contributed by atoms with van der Waals surface area (Å²) in [6.07, 6.45) is 3.41. The van der Waals surface area contributed by atoms with Gasteiger partial charge in [-0.2, -0.15) is 0 Å². The number of allylic oxidation sites excluding steroid dienone is 1. The molecule has 0 saturated carbocycles. The Hall–Kier alpha value is -1.30. The maximum Gasteiger partial charge on any atom is 0.130 e. The van der Waals surface area contributed by atoms with Gasteiger partial charge in [-0.05, 0) is 25.3 Å². The standard InChI is InChI=1S/C17H25F2NO2/c1-3-4-6-16(21)13-20(9-5-10-22-2)12-14-7-8-15(18)11-17(14)19/h3,7-8,11,16,21H,1,4-6,9-10,12-13H2,2H3. The average Bonchev–Trinajstić information content (AvgIpc) is 2.48. The molecule has 1 aromatic rings. The number of hydrogen-bond acceptors (Lipinski definition) is 3. The summed E-state index contributed by atoms with van der Waals surface area (Å²) in [4.78, 5) is 1.96. The zero-order valence-electron chi connectivity index (χ0n) is 13.1. The third kappa shape index (κ3) is 7.11. The lowest BCUT2D eigenvalue weighted by Gasteiger charge is -2.25. The molecule has 0 amide bonds. The van der Waals surface area contributed by atoms with Gasteiger partial charge < -0.3 is 9.84 Å². The van der Waals surface area contributed by atoms with Crippen LogP contribution in [0.15, 0.2) is 30.9 Å². The molecule has 3 nitrogen and oxygen atoms in total. The quantitative estimate of drug-likeness (QED) is 0.503. The van der Waals surface area contributed by atoms with Gasteiger partial charge in [0.1, 0.15) is 11.6 Å². The predicted octanol–water partition coefficient (Wildman–Crippen LogP) is 3.13. The van der Waals surface area contributed by atoms with Crippen molar-refractivity contribution >= 4 is 0 Å². The summed E-state index contributed by atoms with van der Waals surface area (Å²) in [5.41, 5.74) is 0.426. The largest absolute Gasteiger partial charge is 0.392 e. The van der Waals surface area contributed by atoms with Crippen molar-refractivity contribution < 1.29 is 18.6 Å². The summed E-state index contributed by atoms with van der Waals surface area (Å²) >= 11 is 0. The zero-order valence-corrected chi connectivity index (χ0v) is 13.1. The molecule has 0 aromatic heterocycles. The molecule has 5 heteroatoms. The number of ether oxygens (including phenoxy) is 1. The molecule has 1 N–H and O–H groups in total. The van der Waals surface area contributed by atoms with Gasteiger partial charge in [-0.1, -0.05) is 12.1 Å². The molecule has 0 aliphatic rings. The highest BCUT2D eigenvalue weighted by atomic mass is 19.1. The second kappa shape index (κ2) is 10.4. The molecule has 22 heavy (non-hydrogen) atoms. The Morgan fingerprint density at radius 3 is 2.82 bits per heavy atom. The summed E-state index contributed by atoms with van der Waals surface area (Å²) in [6.45, 7) is 5.69. The summed E-state index contributed by atoms with van der Waals surface area (Å²) < 4.78 is 31.8. The average molecular weight is 313 g/mol. The van der Waals surface area contributed by atoms with Crippen molar-refractivity contribution in [1.29, 1.82) is 0 Å². The summed E-state index contributed by atoms with van der Waals surface area (Å²) in [7, 11) is 1.63. The van der Waals surface area contributed by atoms with Crippen LogP contribution in [0.3, 0.4) is 0 Å². The Morgan fingerprint density at radius 2 is 2.18 bits per heavy atom. The minimum atomic E-state index is -0.585. The van der Waals surface area contributed by atoms with Crippen LogP contribution in [0.25, 0.3) is 0 Å². The lowest BCUT2D eigenvalue weighted by Crippen LogP contribution is -2.33. The molecule has 0 spiro atoms. The maximum absolute atomic E-state index is 13.8. The SMILES string of the molecule is C=CCCC(O)CN(CCCOC)Cc1ccc(F)cc1F. The summed E-state index contributed by atoms with van der Waals surface area (Å²) in [6, 6.07) is 3.58. The topological polar surface area (TPSA) is 32.7 Å². The molecule has 0 saturated heterocycles.